The van der Waals surface area contributed by atoms with Gasteiger partial charge >= 0.3 is 0 Å². The first-order valence-corrected chi connectivity index (χ1v) is 8.95. The van der Waals surface area contributed by atoms with Gasteiger partial charge in [-0.25, -0.2) is 5.43 Å². The van der Waals surface area contributed by atoms with Gasteiger partial charge in [0.15, 0.2) is 0 Å². The number of hydrogen-bond acceptors (Lipinski definition) is 8. The van der Waals surface area contributed by atoms with Crippen LogP contribution < -0.4 is 19.6 Å². The van der Waals surface area contributed by atoms with E-state index in [0.29, 0.717) is 23.0 Å². The minimum absolute atomic E-state index is 0.155. The Kier molecular flexibility index (Phi) is 6.51. The maximum absolute atomic E-state index is 12.4. The summed E-state index contributed by atoms with van der Waals surface area (Å²) in [5.41, 5.74) is 2.78. The molecule has 0 saturated carbocycles. The molecule has 0 aliphatic carbocycles. The van der Waals surface area contributed by atoms with E-state index in [1.165, 1.54) is 39.7 Å². The van der Waals surface area contributed by atoms with Gasteiger partial charge in [-0.15, -0.1) is 0 Å². The number of amides is 1. The van der Waals surface area contributed by atoms with E-state index in [0.717, 1.165) is 0 Å². The Hall–Kier alpha value is -4.34. The van der Waals surface area contributed by atoms with Crippen molar-refractivity contribution in [2.75, 3.05) is 21.3 Å². The van der Waals surface area contributed by atoms with Crippen molar-refractivity contribution >= 4 is 17.8 Å². The van der Waals surface area contributed by atoms with Gasteiger partial charge in [0.05, 0.1) is 49.7 Å². The highest BCUT2D eigenvalue weighted by molar-refractivity contribution is 5.97. The van der Waals surface area contributed by atoms with Gasteiger partial charge in [0.25, 0.3) is 11.6 Å². The SMILES string of the molecule is COc1ccc(C(=O)NN=Cc2ccc(-c3ccc(OC)cc3[N+](=O)[O-])o2)c(OC)c1. The summed E-state index contributed by atoms with van der Waals surface area (Å²) in [6.07, 6.45) is 1.28. The highest BCUT2D eigenvalue weighted by Crippen LogP contribution is 2.34. The van der Waals surface area contributed by atoms with Gasteiger partial charge < -0.3 is 18.6 Å². The monoisotopic (exact) mass is 425 g/mol. The first-order chi connectivity index (χ1) is 15.0. The second-order valence-corrected chi connectivity index (χ2v) is 6.11. The highest BCUT2D eigenvalue weighted by atomic mass is 16.6. The summed E-state index contributed by atoms with van der Waals surface area (Å²) in [4.78, 5) is 23.2. The van der Waals surface area contributed by atoms with E-state index < -0.39 is 10.8 Å². The number of hydrogen-bond donors (Lipinski definition) is 1. The largest absolute Gasteiger partial charge is 0.497 e. The van der Waals surface area contributed by atoms with E-state index in [2.05, 4.69) is 10.5 Å². The number of ether oxygens (including phenoxy) is 3. The van der Waals surface area contributed by atoms with Crippen LogP contribution in [0.5, 0.6) is 17.2 Å². The predicted octanol–water partition coefficient (Wildman–Crippen LogP) is 3.64. The fourth-order valence-electron chi connectivity index (χ4n) is 2.77. The molecule has 3 aromatic rings. The lowest BCUT2D eigenvalue weighted by Gasteiger charge is -2.08. The van der Waals surface area contributed by atoms with Crippen LogP contribution in [0.1, 0.15) is 16.1 Å². The number of nitrogens with one attached hydrogen (secondary N) is 1. The van der Waals surface area contributed by atoms with Crippen molar-refractivity contribution < 1.29 is 28.3 Å². The van der Waals surface area contributed by atoms with Crippen molar-refractivity contribution in [1.82, 2.24) is 5.43 Å². The molecular formula is C21H19N3O7. The minimum atomic E-state index is -0.517. The van der Waals surface area contributed by atoms with Crippen LogP contribution in [0.15, 0.2) is 58.0 Å². The molecule has 1 heterocycles. The molecule has 0 radical (unpaired) electrons. The third-order valence-electron chi connectivity index (χ3n) is 4.31. The fourth-order valence-corrected chi connectivity index (χ4v) is 2.77. The molecule has 1 amide bonds. The molecule has 10 heteroatoms. The minimum Gasteiger partial charge on any atom is -0.497 e. The Morgan fingerprint density at radius 1 is 1.03 bits per heavy atom. The molecule has 0 bridgehead atoms. The van der Waals surface area contributed by atoms with Gasteiger partial charge in [0, 0.05) is 6.07 Å². The molecule has 0 spiro atoms. The average Bonchev–Trinajstić information content (AvgIpc) is 3.26. The van der Waals surface area contributed by atoms with E-state index >= 15 is 0 Å². The van der Waals surface area contributed by atoms with Crippen molar-refractivity contribution in [2.45, 2.75) is 0 Å². The quantitative estimate of drug-likeness (QED) is 0.332. The van der Waals surface area contributed by atoms with Crippen LogP contribution >= 0.6 is 0 Å². The van der Waals surface area contributed by atoms with Gasteiger partial charge in [-0.2, -0.15) is 5.10 Å². The van der Waals surface area contributed by atoms with E-state index in [1.807, 2.05) is 0 Å². The second-order valence-electron chi connectivity index (χ2n) is 6.11. The lowest BCUT2D eigenvalue weighted by Crippen LogP contribution is -2.18. The van der Waals surface area contributed by atoms with Crippen molar-refractivity contribution in [3.8, 4) is 28.6 Å². The number of nitro benzene ring substituents is 1. The van der Waals surface area contributed by atoms with E-state index in [4.69, 9.17) is 18.6 Å². The van der Waals surface area contributed by atoms with Crippen LogP contribution in [0, 0.1) is 10.1 Å². The number of benzene rings is 2. The molecule has 0 aliphatic rings. The molecule has 1 aromatic heterocycles. The zero-order valence-electron chi connectivity index (χ0n) is 16.9. The number of nitro groups is 1. The Labute approximate surface area is 177 Å². The van der Waals surface area contributed by atoms with Crippen molar-refractivity contribution in [3.05, 3.63) is 70.0 Å². The fraction of sp³-hybridized carbons (Fsp3) is 0.143. The van der Waals surface area contributed by atoms with Crippen LogP contribution in [0.2, 0.25) is 0 Å². The molecule has 0 atom stereocenters. The third-order valence-corrected chi connectivity index (χ3v) is 4.31. The molecule has 10 nitrogen and oxygen atoms in total. The molecule has 0 aliphatic heterocycles. The van der Waals surface area contributed by atoms with Gasteiger partial charge in [-0.05, 0) is 36.4 Å². The molecule has 31 heavy (non-hydrogen) atoms. The Bertz CT molecular complexity index is 1140. The number of nitrogens with zero attached hydrogens (tertiary/aromatic N) is 2. The van der Waals surface area contributed by atoms with Crippen molar-refractivity contribution in [3.63, 3.8) is 0 Å². The van der Waals surface area contributed by atoms with E-state index in [9.17, 15) is 14.9 Å². The van der Waals surface area contributed by atoms with Crippen LogP contribution in [-0.2, 0) is 0 Å². The lowest BCUT2D eigenvalue weighted by molar-refractivity contribution is -0.384. The van der Waals surface area contributed by atoms with Gasteiger partial charge in [0.2, 0.25) is 0 Å². The second kappa shape index (κ2) is 9.44. The lowest BCUT2D eigenvalue weighted by atomic mass is 10.1. The van der Waals surface area contributed by atoms with E-state index in [-0.39, 0.29) is 22.6 Å². The van der Waals surface area contributed by atoms with E-state index in [1.54, 1.807) is 36.4 Å². The van der Waals surface area contributed by atoms with Gasteiger partial charge in [0.1, 0.15) is 28.8 Å². The Morgan fingerprint density at radius 2 is 1.74 bits per heavy atom. The summed E-state index contributed by atoms with van der Waals surface area (Å²) >= 11 is 0. The number of carbonyl (C=O) groups is 1. The molecule has 3 rings (SSSR count). The summed E-state index contributed by atoms with van der Waals surface area (Å²) < 4.78 is 20.9. The van der Waals surface area contributed by atoms with Crippen molar-refractivity contribution in [2.24, 2.45) is 5.10 Å². The predicted molar refractivity (Wildman–Crippen MR) is 112 cm³/mol. The summed E-state index contributed by atoms with van der Waals surface area (Å²) in [7, 11) is 4.38. The number of rotatable bonds is 8. The standard InChI is InChI=1S/C21H19N3O7/c1-28-13-4-7-16(18(10-13)24(26)27)19-9-6-15(31-19)12-22-23-21(25)17-8-5-14(29-2)11-20(17)30-3/h4-12H,1-3H3,(H,23,25). The first kappa shape index (κ1) is 21.4. The Balaban J connectivity index is 1.75. The van der Waals surface area contributed by atoms with Gasteiger partial charge in [-0.1, -0.05) is 0 Å². The van der Waals surface area contributed by atoms with Crippen LogP contribution in [0.25, 0.3) is 11.3 Å². The summed E-state index contributed by atoms with van der Waals surface area (Å²) in [5, 5.41) is 15.2. The smallest absolute Gasteiger partial charge is 0.284 e. The van der Waals surface area contributed by atoms with Crippen LogP contribution in [0.4, 0.5) is 5.69 Å². The number of carbonyl (C=O) groups excluding carboxylic acids is 1. The molecule has 0 fully saturated rings. The molecule has 0 unspecified atom stereocenters. The summed E-state index contributed by atoms with van der Waals surface area (Å²) in [6, 6.07) is 12.4. The molecule has 0 saturated heterocycles. The molecular weight excluding hydrogens is 406 g/mol. The topological polar surface area (TPSA) is 125 Å². The van der Waals surface area contributed by atoms with Gasteiger partial charge in [-0.3, -0.25) is 14.9 Å². The number of methoxy groups -OCH3 is 3. The maximum atomic E-state index is 12.4. The van der Waals surface area contributed by atoms with Crippen molar-refractivity contribution in [1.29, 1.82) is 0 Å². The number of hydrazone groups is 1. The highest BCUT2D eigenvalue weighted by Gasteiger charge is 2.19. The summed E-state index contributed by atoms with van der Waals surface area (Å²) in [6.45, 7) is 0. The third kappa shape index (κ3) is 4.81. The first-order valence-electron chi connectivity index (χ1n) is 8.95. The zero-order valence-corrected chi connectivity index (χ0v) is 16.9. The number of furan rings is 1. The Morgan fingerprint density at radius 3 is 2.42 bits per heavy atom. The zero-order chi connectivity index (χ0) is 22.4. The molecule has 1 N–H and O–H groups in total. The molecule has 160 valence electrons. The average molecular weight is 425 g/mol. The molecule has 2 aromatic carbocycles. The summed E-state index contributed by atoms with van der Waals surface area (Å²) in [5.74, 6) is 1.32. The maximum Gasteiger partial charge on any atom is 0.284 e. The van der Waals surface area contributed by atoms with Crippen LogP contribution in [-0.4, -0.2) is 38.4 Å². The van der Waals surface area contributed by atoms with Crippen LogP contribution in [0.3, 0.4) is 0 Å². The normalized spacial score (nSPS) is 10.7.